The van der Waals surface area contributed by atoms with Crippen LogP contribution in [0.25, 0.3) is 10.2 Å². The molecular formula is C24H26BN2O4S. The number of rotatable bonds is 6. The minimum atomic E-state index is -0.873. The van der Waals surface area contributed by atoms with E-state index >= 15 is 0 Å². The number of fused-ring (bicyclic) bond motifs is 2. The minimum absolute atomic E-state index is 0.0281. The first kappa shape index (κ1) is 22.5. The number of aromatic nitrogens is 1. The molecule has 165 valence electrons. The highest BCUT2D eigenvalue weighted by molar-refractivity contribution is 7.18. The largest absolute Gasteiger partial charge is 0.460 e. The van der Waals surface area contributed by atoms with Crippen molar-refractivity contribution < 1.29 is 19.3 Å². The van der Waals surface area contributed by atoms with Gasteiger partial charge in [-0.1, -0.05) is 35.8 Å². The van der Waals surface area contributed by atoms with Crippen molar-refractivity contribution in [3.63, 3.8) is 0 Å². The topological polar surface area (TPSA) is 88.5 Å². The third-order valence-corrected chi connectivity index (χ3v) is 6.60. The molecule has 0 saturated heterocycles. The number of carbonyl (C=O) groups excluding carboxylic acids is 2. The summed E-state index contributed by atoms with van der Waals surface area (Å²) in [6, 6.07) is 13.5. The molecular weight excluding hydrogens is 423 g/mol. The third-order valence-electron chi connectivity index (χ3n) is 5.57. The standard InChI is InChI=1S/C24H26BN2O4S/c1-23(2,3)31-21(28)13-24(11-15-6-4-5-7-16(15)12-24)22(29)26-14-20-27-18-10-17(25-30)8-9-19(18)32-20/h4-10,30H,11-14H2,1-3H3,(H,26,29). The first-order valence-electron chi connectivity index (χ1n) is 10.6. The third kappa shape index (κ3) is 4.86. The highest BCUT2D eigenvalue weighted by Crippen LogP contribution is 2.40. The predicted octanol–water partition coefficient (Wildman–Crippen LogP) is 2.67. The van der Waals surface area contributed by atoms with E-state index in [1.165, 1.54) is 11.3 Å². The van der Waals surface area contributed by atoms with Gasteiger partial charge in [-0.3, -0.25) is 9.59 Å². The molecule has 4 rings (SSSR count). The second kappa shape index (κ2) is 8.67. The van der Waals surface area contributed by atoms with Gasteiger partial charge in [0.1, 0.15) is 10.6 Å². The number of amides is 1. The molecule has 32 heavy (non-hydrogen) atoms. The van der Waals surface area contributed by atoms with Gasteiger partial charge in [-0.15, -0.1) is 11.3 Å². The average molecular weight is 449 g/mol. The lowest BCUT2D eigenvalue weighted by atomic mass is 9.80. The zero-order valence-electron chi connectivity index (χ0n) is 18.5. The second-order valence-corrected chi connectivity index (χ2v) is 10.4. The monoisotopic (exact) mass is 449 g/mol. The summed E-state index contributed by atoms with van der Waals surface area (Å²) in [5.41, 5.74) is 2.17. The van der Waals surface area contributed by atoms with Crippen LogP contribution in [-0.2, 0) is 33.7 Å². The molecule has 0 unspecified atom stereocenters. The van der Waals surface area contributed by atoms with Gasteiger partial charge in [0, 0.05) is 0 Å². The lowest BCUT2D eigenvalue weighted by molar-refractivity contribution is -0.160. The van der Waals surface area contributed by atoms with Crippen molar-refractivity contribution in [3.05, 3.63) is 58.6 Å². The van der Waals surface area contributed by atoms with E-state index in [1.807, 2.05) is 57.2 Å². The van der Waals surface area contributed by atoms with Crippen LogP contribution in [0.1, 0.15) is 43.3 Å². The molecule has 2 N–H and O–H groups in total. The molecule has 1 aliphatic carbocycles. The molecule has 0 atom stereocenters. The molecule has 0 fully saturated rings. The maximum Gasteiger partial charge on any atom is 0.326 e. The highest BCUT2D eigenvalue weighted by atomic mass is 32.1. The lowest BCUT2D eigenvalue weighted by Crippen LogP contribution is -2.44. The van der Waals surface area contributed by atoms with E-state index in [1.54, 1.807) is 6.07 Å². The van der Waals surface area contributed by atoms with E-state index in [2.05, 4.69) is 10.3 Å². The number of thiazole rings is 1. The molecule has 3 aromatic rings. The fourth-order valence-electron chi connectivity index (χ4n) is 4.21. The van der Waals surface area contributed by atoms with Gasteiger partial charge in [0.05, 0.1) is 28.6 Å². The number of esters is 1. The second-order valence-electron chi connectivity index (χ2n) is 9.31. The Morgan fingerprint density at radius 1 is 1.19 bits per heavy atom. The summed E-state index contributed by atoms with van der Waals surface area (Å²) >= 11 is 1.50. The molecule has 1 radical (unpaired) electrons. The van der Waals surface area contributed by atoms with Crippen LogP contribution in [0.5, 0.6) is 0 Å². The molecule has 1 aliphatic rings. The van der Waals surface area contributed by atoms with Crippen molar-refractivity contribution in [2.75, 3.05) is 0 Å². The molecule has 0 spiro atoms. The van der Waals surface area contributed by atoms with Gasteiger partial charge in [0.15, 0.2) is 0 Å². The number of carbonyl (C=O) groups is 2. The van der Waals surface area contributed by atoms with Gasteiger partial charge in [-0.2, -0.15) is 0 Å². The molecule has 2 aromatic carbocycles. The summed E-state index contributed by atoms with van der Waals surface area (Å²) in [5.74, 6) is -0.531. The molecule has 1 heterocycles. The van der Waals surface area contributed by atoms with Crippen molar-refractivity contribution in [1.82, 2.24) is 10.3 Å². The summed E-state index contributed by atoms with van der Waals surface area (Å²) in [4.78, 5) is 30.7. The van der Waals surface area contributed by atoms with Crippen molar-refractivity contribution in [2.24, 2.45) is 5.41 Å². The maximum atomic E-state index is 13.4. The van der Waals surface area contributed by atoms with Crippen LogP contribution in [-0.4, -0.2) is 35.0 Å². The Kier molecular flexibility index (Phi) is 6.10. The summed E-state index contributed by atoms with van der Waals surface area (Å²) in [6.07, 6.45) is 1.04. The van der Waals surface area contributed by atoms with Crippen LogP contribution in [0, 0.1) is 5.41 Å². The Morgan fingerprint density at radius 3 is 2.50 bits per heavy atom. The van der Waals surface area contributed by atoms with Gasteiger partial charge in [-0.25, -0.2) is 4.98 Å². The molecule has 8 heteroatoms. The fourth-order valence-corrected chi connectivity index (χ4v) is 5.09. The van der Waals surface area contributed by atoms with Crippen molar-refractivity contribution in [1.29, 1.82) is 0 Å². The van der Waals surface area contributed by atoms with E-state index in [4.69, 9.17) is 4.74 Å². The molecule has 1 amide bonds. The number of nitrogens with zero attached hydrogens (tertiary/aromatic N) is 1. The lowest BCUT2D eigenvalue weighted by Gasteiger charge is -2.28. The van der Waals surface area contributed by atoms with Gasteiger partial charge < -0.3 is 15.1 Å². The number of hydrogen-bond acceptors (Lipinski definition) is 6. The Labute approximate surface area is 192 Å². The first-order chi connectivity index (χ1) is 15.2. The van der Waals surface area contributed by atoms with Crippen molar-refractivity contribution >= 4 is 46.4 Å². The molecule has 0 bridgehead atoms. The van der Waals surface area contributed by atoms with Crippen LogP contribution in [0.2, 0.25) is 0 Å². The smallest absolute Gasteiger partial charge is 0.326 e. The van der Waals surface area contributed by atoms with E-state index in [0.717, 1.165) is 33.8 Å². The molecule has 6 nitrogen and oxygen atoms in total. The molecule has 1 aromatic heterocycles. The van der Waals surface area contributed by atoms with Crippen LogP contribution in [0.3, 0.4) is 0 Å². The molecule has 0 aliphatic heterocycles. The molecule has 0 saturated carbocycles. The first-order valence-corrected chi connectivity index (χ1v) is 11.4. The number of hydrogen-bond donors (Lipinski definition) is 2. The maximum absolute atomic E-state index is 13.4. The zero-order valence-corrected chi connectivity index (χ0v) is 19.3. The summed E-state index contributed by atoms with van der Waals surface area (Å²) in [5, 5.41) is 13.0. The summed E-state index contributed by atoms with van der Waals surface area (Å²) in [6.45, 7) is 5.76. The highest BCUT2D eigenvalue weighted by Gasteiger charge is 2.46. The minimum Gasteiger partial charge on any atom is -0.460 e. The number of nitrogens with one attached hydrogen (secondary N) is 1. The van der Waals surface area contributed by atoms with Gasteiger partial charge >= 0.3 is 13.5 Å². The van der Waals surface area contributed by atoms with Crippen molar-refractivity contribution in [3.8, 4) is 0 Å². The van der Waals surface area contributed by atoms with Gasteiger partial charge in [-0.05, 0) is 56.9 Å². The number of ether oxygens (including phenoxy) is 1. The SMILES string of the molecule is CC(C)(C)OC(=O)CC1(C(=O)NCc2nc3cc([B]O)ccc3s2)Cc2ccccc2C1. The van der Waals surface area contributed by atoms with Crippen molar-refractivity contribution in [2.45, 2.75) is 52.2 Å². The van der Waals surface area contributed by atoms with Crippen LogP contribution < -0.4 is 10.8 Å². The van der Waals surface area contributed by atoms with Crippen LogP contribution in [0.4, 0.5) is 0 Å². The van der Waals surface area contributed by atoms with Gasteiger partial charge in [0.2, 0.25) is 5.91 Å². The Hall–Kier alpha value is -2.71. The van der Waals surface area contributed by atoms with E-state index in [0.29, 0.717) is 18.3 Å². The summed E-state index contributed by atoms with van der Waals surface area (Å²) < 4.78 is 6.53. The van der Waals surface area contributed by atoms with Gasteiger partial charge in [0.25, 0.3) is 0 Å². The van der Waals surface area contributed by atoms with Crippen LogP contribution in [0.15, 0.2) is 42.5 Å². The Morgan fingerprint density at radius 2 is 1.88 bits per heavy atom. The summed E-state index contributed by atoms with van der Waals surface area (Å²) in [7, 11) is 1.04. The Bertz CT molecular complexity index is 1140. The fraction of sp³-hybridized carbons (Fsp3) is 0.375. The normalized spacial score (nSPS) is 14.8. The zero-order chi connectivity index (χ0) is 22.9. The van der Waals surface area contributed by atoms with Crippen LogP contribution >= 0.6 is 11.3 Å². The quantitative estimate of drug-likeness (QED) is 0.446. The van der Waals surface area contributed by atoms with E-state index < -0.39 is 11.0 Å². The predicted molar refractivity (Wildman–Crippen MR) is 126 cm³/mol. The Balaban J connectivity index is 1.52. The van der Waals surface area contributed by atoms with E-state index in [-0.39, 0.29) is 24.8 Å². The number of benzene rings is 2. The average Bonchev–Trinajstić information content (AvgIpc) is 3.30. The van der Waals surface area contributed by atoms with E-state index in [9.17, 15) is 14.6 Å².